The molecule has 0 spiro atoms. The molecule has 8 nitrogen and oxygen atoms in total. The van der Waals surface area contributed by atoms with Crippen LogP contribution in [0.1, 0.15) is 17.2 Å². The van der Waals surface area contributed by atoms with Crippen molar-refractivity contribution in [2.45, 2.75) is 6.04 Å². The van der Waals surface area contributed by atoms with Crippen LogP contribution in [-0.2, 0) is 0 Å². The molecule has 4 rings (SSSR count). The lowest BCUT2D eigenvalue weighted by molar-refractivity contribution is 0.320. The molecule has 9 heteroatoms. The quantitative estimate of drug-likeness (QED) is 0.645. The van der Waals surface area contributed by atoms with Crippen LogP contribution >= 0.6 is 15.9 Å². The molecule has 0 radical (unpaired) electrons. The van der Waals surface area contributed by atoms with E-state index in [-0.39, 0.29) is 6.04 Å². The zero-order chi connectivity index (χ0) is 19.7. The number of ether oxygens (including phenoxy) is 3. The summed E-state index contributed by atoms with van der Waals surface area (Å²) in [6.45, 7) is 0. The van der Waals surface area contributed by atoms with E-state index in [0.29, 0.717) is 23.2 Å². The molecule has 1 aliphatic rings. The van der Waals surface area contributed by atoms with Crippen LogP contribution in [0.15, 0.2) is 46.9 Å². The number of tetrazole rings is 1. The largest absolute Gasteiger partial charge is 0.493 e. The van der Waals surface area contributed by atoms with Gasteiger partial charge in [-0.05, 0) is 46.3 Å². The monoisotopic (exact) mass is 443 g/mol. The van der Waals surface area contributed by atoms with Crippen molar-refractivity contribution in [1.82, 2.24) is 20.2 Å². The Labute approximate surface area is 170 Å². The molecular formula is C19H18BrN5O3. The van der Waals surface area contributed by atoms with E-state index in [1.807, 2.05) is 36.4 Å². The van der Waals surface area contributed by atoms with Crippen molar-refractivity contribution < 1.29 is 14.2 Å². The number of hydrogen-bond acceptors (Lipinski definition) is 7. The van der Waals surface area contributed by atoms with Gasteiger partial charge in [0.1, 0.15) is 6.04 Å². The van der Waals surface area contributed by atoms with Gasteiger partial charge in [-0.1, -0.05) is 33.2 Å². The Morgan fingerprint density at radius 3 is 2.57 bits per heavy atom. The zero-order valence-corrected chi connectivity index (χ0v) is 17.1. The number of allylic oxidation sites excluding steroid dienone is 1. The summed E-state index contributed by atoms with van der Waals surface area (Å²) in [4.78, 5) is 0. The van der Waals surface area contributed by atoms with E-state index in [4.69, 9.17) is 14.2 Å². The predicted octanol–water partition coefficient (Wildman–Crippen LogP) is 3.52. The molecule has 2 heterocycles. The van der Waals surface area contributed by atoms with Crippen molar-refractivity contribution in [1.29, 1.82) is 0 Å². The minimum absolute atomic E-state index is 0.296. The van der Waals surface area contributed by atoms with Crippen molar-refractivity contribution in [3.8, 4) is 17.2 Å². The third-order valence-corrected chi connectivity index (χ3v) is 5.01. The maximum Gasteiger partial charge on any atom is 0.248 e. The Kier molecular flexibility index (Phi) is 4.91. The number of nitrogens with zero attached hydrogens (tertiary/aromatic N) is 4. The van der Waals surface area contributed by atoms with Gasteiger partial charge in [0.2, 0.25) is 11.7 Å². The van der Waals surface area contributed by atoms with Gasteiger partial charge in [-0.15, -0.1) is 0 Å². The number of fused-ring (bicyclic) bond motifs is 1. The van der Waals surface area contributed by atoms with Crippen molar-refractivity contribution in [3.05, 3.63) is 58.1 Å². The fourth-order valence-corrected chi connectivity index (χ4v) is 3.66. The second-order valence-electron chi connectivity index (χ2n) is 6.03. The molecule has 28 heavy (non-hydrogen) atoms. The molecule has 1 aromatic heterocycles. The topological polar surface area (TPSA) is 83.3 Å². The minimum Gasteiger partial charge on any atom is -0.493 e. The molecule has 0 saturated heterocycles. The highest BCUT2D eigenvalue weighted by molar-refractivity contribution is 9.10. The summed E-state index contributed by atoms with van der Waals surface area (Å²) in [5, 5.41) is 15.3. The average Bonchev–Trinajstić information content (AvgIpc) is 3.20. The number of benzene rings is 2. The van der Waals surface area contributed by atoms with Crippen LogP contribution in [0.2, 0.25) is 0 Å². The second-order valence-corrected chi connectivity index (χ2v) is 6.95. The van der Waals surface area contributed by atoms with E-state index in [9.17, 15) is 0 Å². The SMILES string of the molecule is COc1ccc([C@@H]2C=C(c3cccc(Br)c3)Nc3nnnn32)c(OC)c1OC. The standard InChI is InChI=1S/C19H18BrN5O3/c1-26-16-8-7-13(17(27-2)18(16)28-3)15-10-14(11-5-4-6-12(20)9-11)21-19-22-23-24-25(15)19/h4-10,15H,1-3H3,(H,21,22,24)/t15-/m0/s1. The van der Waals surface area contributed by atoms with Gasteiger partial charge < -0.3 is 19.5 Å². The highest BCUT2D eigenvalue weighted by Crippen LogP contribution is 2.45. The summed E-state index contributed by atoms with van der Waals surface area (Å²) >= 11 is 3.52. The Morgan fingerprint density at radius 1 is 1.04 bits per heavy atom. The number of methoxy groups -OCH3 is 3. The van der Waals surface area contributed by atoms with Crippen molar-refractivity contribution in [3.63, 3.8) is 0 Å². The average molecular weight is 444 g/mol. The van der Waals surface area contributed by atoms with Gasteiger partial charge in [0.05, 0.1) is 21.3 Å². The van der Waals surface area contributed by atoms with Gasteiger partial charge in [-0.3, -0.25) is 0 Å². The van der Waals surface area contributed by atoms with E-state index < -0.39 is 0 Å². The van der Waals surface area contributed by atoms with Crippen LogP contribution < -0.4 is 19.5 Å². The zero-order valence-electron chi connectivity index (χ0n) is 15.5. The van der Waals surface area contributed by atoms with Crippen molar-refractivity contribution in [2.24, 2.45) is 0 Å². The summed E-state index contributed by atoms with van der Waals surface area (Å²) in [7, 11) is 4.77. The number of halogens is 1. The molecule has 1 N–H and O–H groups in total. The molecule has 0 unspecified atom stereocenters. The molecule has 0 bridgehead atoms. The molecule has 0 saturated carbocycles. The summed E-state index contributed by atoms with van der Waals surface area (Å²) in [5.41, 5.74) is 2.75. The van der Waals surface area contributed by atoms with Crippen LogP contribution in [0.3, 0.4) is 0 Å². The third-order valence-electron chi connectivity index (χ3n) is 4.52. The number of aromatic nitrogens is 4. The van der Waals surface area contributed by atoms with E-state index in [0.717, 1.165) is 21.3 Å². The van der Waals surface area contributed by atoms with Crippen LogP contribution in [-0.4, -0.2) is 41.5 Å². The molecule has 0 aliphatic carbocycles. The predicted molar refractivity (Wildman–Crippen MR) is 108 cm³/mol. The molecule has 0 amide bonds. The van der Waals surface area contributed by atoms with Gasteiger partial charge in [0.15, 0.2) is 11.5 Å². The molecular weight excluding hydrogens is 426 g/mol. The second kappa shape index (κ2) is 7.51. The van der Waals surface area contributed by atoms with Gasteiger partial charge >= 0.3 is 0 Å². The number of nitrogens with one attached hydrogen (secondary N) is 1. The van der Waals surface area contributed by atoms with Crippen molar-refractivity contribution in [2.75, 3.05) is 26.6 Å². The van der Waals surface area contributed by atoms with Crippen LogP contribution in [0.25, 0.3) is 5.70 Å². The fourth-order valence-electron chi connectivity index (χ4n) is 3.26. The molecule has 2 aromatic carbocycles. The molecule has 3 aromatic rings. The summed E-state index contributed by atoms with van der Waals surface area (Å²) in [6.07, 6.45) is 2.05. The van der Waals surface area contributed by atoms with Gasteiger partial charge in [0, 0.05) is 15.7 Å². The molecule has 1 aliphatic heterocycles. The lowest BCUT2D eigenvalue weighted by Crippen LogP contribution is -2.21. The first kappa shape index (κ1) is 18.3. The van der Waals surface area contributed by atoms with E-state index in [1.165, 1.54) is 0 Å². The Morgan fingerprint density at radius 2 is 1.86 bits per heavy atom. The smallest absolute Gasteiger partial charge is 0.248 e. The van der Waals surface area contributed by atoms with Gasteiger partial charge in [-0.25, -0.2) is 0 Å². The van der Waals surface area contributed by atoms with Crippen LogP contribution in [0, 0.1) is 0 Å². The normalized spacial score (nSPS) is 15.3. The maximum absolute atomic E-state index is 5.67. The Bertz CT molecular complexity index is 1050. The maximum atomic E-state index is 5.67. The molecule has 1 atom stereocenters. The van der Waals surface area contributed by atoms with E-state index in [1.54, 1.807) is 26.0 Å². The minimum atomic E-state index is -0.296. The number of rotatable bonds is 5. The molecule has 0 fully saturated rings. The Hall–Kier alpha value is -3.07. The highest BCUT2D eigenvalue weighted by atomic mass is 79.9. The first-order valence-electron chi connectivity index (χ1n) is 8.47. The first-order chi connectivity index (χ1) is 13.7. The summed E-state index contributed by atoms with van der Waals surface area (Å²) < 4.78 is 19.3. The summed E-state index contributed by atoms with van der Waals surface area (Å²) in [5.74, 6) is 2.22. The van der Waals surface area contributed by atoms with Gasteiger partial charge in [0.25, 0.3) is 0 Å². The Balaban J connectivity index is 1.89. The number of hydrogen-bond donors (Lipinski definition) is 1. The third kappa shape index (κ3) is 3.07. The van der Waals surface area contributed by atoms with E-state index >= 15 is 0 Å². The van der Waals surface area contributed by atoms with Crippen molar-refractivity contribution >= 4 is 27.6 Å². The van der Waals surface area contributed by atoms with Crippen LogP contribution in [0.5, 0.6) is 17.2 Å². The lowest BCUT2D eigenvalue weighted by atomic mass is 10.00. The van der Waals surface area contributed by atoms with E-state index in [2.05, 4.69) is 42.8 Å². The molecule has 144 valence electrons. The lowest BCUT2D eigenvalue weighted by Gasteiger charge is -2.25. The summed E-state index contributed by atoms with van der Waals surface area (Å²) in [6, 6.07) is 11.5. The highest BCUT2D eigenvalue weighted by Gasteiger charge is 2.29. The first-order valence-corrected chi connectivity index (χ1v) is 9.27. The number of anilines is 1. The fraction of sp³-hybridized carbons (Fsp3) is 0.211. The van der Waals surface area contributed by atoms with Crippen LogP contribution in [0.4, 0.5) is 5.95 Å². The van der Waals surface area contributed by atoms with Gasteiger partial charge in [-0.2, -0.15) is 4.68 Å².